The smallest absolute Gasteiger partial charge is 0.339 e. The molecule has 0 radical (unpaired) electrons. The molecule has 0 amide bonds. The average Bonchev–Trinajstić information content (AvgIpc) is 2.57. The van der Waals surface area contributed by atoms with Crippen LogP contribution in [0.2, 0.25) is 5.02 Å². The molecule has 0 fully saturated rings. The van der Waals surface area contributed by atoms with Crippen LogP contribution in [0.5, 0.6) is 5.75 Å². The standard InChI is InChI=1S/C17H11ClN2O5/c18-9-2-4-14(21)13(6-9)20-15-10-5-8(16(22)23)1-3-12(10)19-7-11(15)17(24)25/h1-7,21H,(H,19,20)(H,22,23)(H,24,25)/p-2. The van der Waals surface area contributed by atoms with Crippen LogP contribution in [-0.2, 0) is 0 Å². The van der Waals surface area contributed by atoms with E-state index in [0.29, 0.717) is 5.52 Å². The average molecular weight is 357 g/mol. The number of nitrogens with zero attached hydrogens (tertiary/aromatic N) is 1. The molecule has 0 aliphatic carbocycles. The van der Waals surface area contributed by atoms with Crippen LogP contribution in [0.3, 0.4) is 0 Å². The Hall–Kier alpha value is -3.32. The van der Waals surface area contributed by atoms with Crippen molar-refractivity contribution >= 4 is 45.8 Å². The zero-order valence-electron chi connectivity index (χ0n) is 12.4. The number of hydrogen-bond acceptors (Lipinski definition) is 6. The van der Waals surface area contributed by atoms with Gasteiger partial charge in [-0.2, -0.15) is 0 Å². The number of carbonyl (C=O) groups is 2. The van der Waals surface area contributed by atoms with E-state index < -0.39 is 17.7 Å². The summed E-state index contributed by atoms with van der Waals surface area (Å²) in [7, 11) is 0. The number of rotatable bonds is 4. The lowest BCUT2D eigenvalue weighted by atomic mass is 10.1. The quantitative estimate of drug-likeness (QED) is 0.729. The van der Waals surface area contributed by atoms with Crippen LogP contribution < -0.4 is 15.5 Å². The monoisotopic (exact) mass is 356 g/mol. The predicted octanol–water partition coefficient (Wildman–Crippen LogP) is 1.77. The molecule has 7 nitrogen and oxygen atoms in total. The second kappa shape index (κ2) is 6.29. The molecule has 0 bridgehead atoms. The molecule has 0 aliphatic rings. The van der Waals surface area contributed by atoms with Gasteiger partial charge >= 0.3 is 5.97 Å². The maximum absolute atomic E-state index is 12.0. The van der Waals surface area contributed by atoms with Gasteiger partial charge in [0.05, 0.1) is 17.2 Å². The molecule has 2 N–H and O–H groups in total. The third kappa shape index (κ3) is 3.17. The van der Waals surface area contributed by atoms with Gasteiger partial charge in [0.1, 0.15) is 5.56 Å². The SMILES string of the molecule is O=C([O-])c1ccc2ncc(C(=O)O)c(Nc3cc(Cl)ccc3[O-])c2c1. The van der Waals surface area contributed by atoms with Crippen LogP contribution in [-0.4, -0.2) is 22.0 Å². The van der Waals surface area contributed by atoms with Crippen molar-refractivity contribution < 1.29 is 24.9 Å². The van der Waals surface area contributed by atoms with E-state index in [1.54, 1.807) is 0 Å². The van der Waals surface area contributed by atoms with Gasteiger partial charge in [0, 0.05) is 22.3 Å². The summed E-state index contributed by atoms with van der Waals surface area (Å²) in [6, 6.07) is 7.96. The summed E-state index contributed by atoms with van der Waals surface area (Å²) in [6.45, 7) is 0. The van der Waals surface area contributed by atoms with Gasteiger partial charge < -0.3 is 25.4 Å². The molecule has 0 unspecified atom stereocenters. The van der Waals surface area contributed by atoms with E-state index in [4.69, 9.17) is 11.6 Å². The number of hydrogen-bond donors (Lipinski definition) is 2. The van der Waals surface area contributed by atoms with Crippen LogP contribution in [0.4, 0.5) is 11.4 Å². The Labute approximate surface area is 146 Å². The van der Waals surface area contributed by atoms with Gasteiger partial charge in [-0.15, -0.1) is 0 Å². The number of carbonyl (C=O) groups excluding carboxylic acids is 1. The summed E-state index contributed by atoms with van der Waals surface area (Å²) in [5.74, 6) is -3.10. The summed E-state index contributed by atoms with van der Waals surface area (Å²) in [5, 5.41) is 35.7. The molecule has 126 valence electrons. The summed E-state index contributed by atoms with van der Waals surface area (Å²) >= 11 is 5.88. The number of aromatic carboxylic acids is 2. The number of nitrogens with one attached hydrogen (secondary N) is 1. The Morgan fingerprint density at radius 2 is 1.92 bits per heavy atom. The largest absolute Gasteiger partial charge is 0.871 e. The summed E-state index contributed by atoms with van der Waals surface area (Å²) in [4.78, 5) is 26.6. The van der Waals surface area contributed by atoms with Crippen LogP contribution in [0.1, 0.15) is 20.7 Å². The molecule has 2 aromatic carbocycles. The number of halogens is 1. The number of aromatic nitrogens is 1. The van der Waals surface area contributed by atoms with Crippen molar-refractivity contribution in [2.45, 2.75) is 0 Å². The predicted molar refractivity (Wildman–Crippen MR) is 87.2 cm³/mol. The zero-order chi connectivity index (χ0) is 18.1. The topological polar surface area (TPSA) is 125 Å². The Morgan fingerprint density at radius 3 is 2.60 bits per heavy atom. The third-order valence-corrected chi connectivity index (χ3v) is 3.77. The minimum atomic E-state index is -1.42. The highest BCUT2D eigenvalue weighted by molar-refractivity contribution is 6.31. The Kier molecular flexibility index (Phi) is 4.16. The van der Waals surface area contributed by atoms with E-state index >= 15 is 0 Å². The molecule has 3 aromatic rings. The first kappa shape index (κ1) is 16.5. The van der Waals surface area contributed by atoms with E-state index in [1.165, 1.54) is 36.4 Å². The van der Waals surface area contributed by atoms with Gasteiger partial charge in [-0.25, -0.2) is 4.79 Å². The van der Waals surface area contributed by atoms with Gasteiger partial charge in [0.15, 0.2) is 0 Å². The molecule has 0 saturated carbocycles. The number of fused-ring (bicyclic) bond motifs is 1. The maximum atomic E-state index is 12.0. The summed E-state index contributed by atoms with van der Waals surface area (Å²) in [6.07, 6.45) is 1.13. The van der Waals surface area contributed by atoms with Crippen molar-refractivity contribution in [1.29, 1.82) is 0 Å². The highest BCUT2D eigenvalue weighted by Crippen LogP contribution is 2.33. The minimum absolute atomic E-state index is 0.0416. The molecular weight excluding hydrogens is 348 g/mol. The van der Waals surface area contributed by atoms with Crippen molar-refractivity contribution in [2.75, 3.05) is 5.32 Å². The van der Waals surface area contributed by atoms with Crippen LogP contribution >= 0.6 is 11.6 Å². The van der Waals surface area contributed by atoms with Crippen molar-refractivity contribution in [3.8, 4) is 5.75 Å². The highest BCUT2D eigenvalue weighted by atomic mass is 35.5. The Bertz CT molecular complexity index is 1010. The highest BCUT2D eigenvalue weighted by Gasteiger charge is 2.16. The van der Waals surface area contributed by atoms with Crippen LogP contribution in [0.25, 0.3) is 10.9 Å². The Balaban J connectivity index is 2.27. The van der Waals surface area contributed by atoms with Crippen molar-refractivity contribution in [1.82, 2.24) is 4.98 Å². The Morgan fingerprint density at radius 1 is 1.16 bits per heavy atom. The molecule has 0 saturated heterocycles. The van der Waals surface area contributed by atoms with E-state index in [1.807, 2.05) is 0 Å². The van der Waals surface area contributed by atoms with Crippen LogP contribution in [0.15, 0.2) is 42.6 Å². The zero-order valence-corrected chi connectivity index (χ0v) is 13.2. The molecule has 8 heteroatoms. The lowest BCUT2D eigenvalue weighted by Gasteiger charge is -2.18. The number of pyridine rings is 1. The molecular formula is C17H9ClN2O5-2. The number of carboxylic acid groups (broad SMARTS) is 2. The number of benzene rings is 2. The fourth-order valence-electron chi connectivity index (χ4n) is 2.35. The number of anilines is 2. The molecule has 3 rings (SSSR count). The van der Waals surface area contributed by atoms with E-state index in [0.717, 1.165) is 6.20 Å². The second-order valence-corrected chi connectivity index (χ2v) is 5.57. The van der Waals surface area contributed by atoms with Gasteiger partial charge in [-0.1, -0.05) is 29.5 Å². The first-order chi connectivity index (χ1) is 11.9. The van der Waals surface area contributed by atoms with E-state index in [-0.39, 0.29) is 32.9 Å². The van der Waals surface area contributed by atoms with Crippen molar-refractivity contribution in [2.24, 2.45) is 0 Å². The summed E-state index contributed by atoms with van der Waals surface area (Å²) < 4.78 is 0. The van der Waals surface area contributed by atoms with Gasteiger partial charge in [-0.05, 0) is 29.8 Å². The van der Waals surface area contributed by atoms with Crippen molar-refractivity contribution in [3.63, 3.8) is 0 Å². The third-order valence-electron chi connectivity index (χ3n) is 3.54. The first-order valence-corrected chi connectivity index (χ1v) is 7.35. The van der Waals surface area contributed by atoms with Gasteiger partial charge in [-0.3, -0.25) is 4.98 Å². The normalized spacial score (nSPS) is 10.6. The maximum Gasteiger partial charge on any atom is 0.339 e. The molecule has 0 aliphatic heterocycles. The first-order valence-electron chi connectivity index (χ1n) is 6.98. The molecule has 25 heavy (non-hydrogen) atoms. The van der Waals surface area contributed by atoms with E-state index in [9.17, 15) is 24.9 Å². The van der Waals surface area contributed by atoms with Gasteiger partial charge in [0.25, 0.3) is 0 Å². The lowest BCUT2D eigenvalue weighted by molar-refractivity contribution is -0.267. The fourth-order valence-corrected chi connectivity index (χ4v) is 2.52. The molecule has 1 aromatic heterocycles. The minimum Gasteiger partial charge on any atom is -0.871 e. The lowest BCUT2D eigenvalue weighted by Crippen LogP contribution is -2.22. The molecule has 0 atom stereocenters. The summed E-state index contributed by atoms with van der Waals surface area (Å²) in [5.41, 5.74) is 0.0870. The van der Waals surface area contributed by atoms with E-state index in [2.05, 4.69) is 10.3 Å². The molecule has 0 spiro atoms. The fraction of sp³-hybridized carbons (Fsp3) is 0. The van der Waals surface area contributed by atoms with Crippen molar-refractivity contribution in [3.05, 3.63) is 58.7 Å². The second-order valence-electron chi connectivity index (χ2n) is 5.14. The molecule has 1 heterocycles. The number of carboxylic acids is 2. The van der Waals surface area contributed by atoms with Gasteiger partial charge in [0.2, 0.25) is 0 Å². The van der Waals surface area contributed by atoms with Crippen LogP contribution in [0, 0.1) is 0 Å².